The van der Waals surface area contributed by atoms with Crippen LogP contribution in [0.15, 0.2) is 54.6 Å². The minimum Gasteiger partial charge on any atom is -0.394 e. The molecule has 3 nitrogen and oxygen atoms in total. The molecule has 2 aromatic carbocycles. The molecule has 1 N–H and O–H groups in total. The summed E-state index contributed by atoms with van der Waals surface area (Å²) in [6.07, 6.45) is -0.996. The van der Waals surface area contributed by atoms with Crippen molar-refractivity contribution in [2.75, 3.05) is 6.61 Å². The van der Waals surface area contributed by atoms with Gasteiger partial charge in [-0.15, -0.1) is 0 Å². The van der Waals surface area contributed by atoms with Gasteiger partial charge >= 0.3 is 0 Å². The third kappa shape index (κ3) is 2.74. The van der Waals surface area contributed by atoms with Crippen molar-refractivity contribution in [3.05, 3.63) is 69.3 Å². The zero-order valence-electron chi connectivity index (χ0n) is 10.8. The fourth-order valence-corrected chi connectivity index (χ4v) is 3.06. The Morgan fingerprint density at radius 1 is 0.950 bits per heavy atom. The number of hydrogen-bond acceptors (Lipinski definition) is 3. The summed E-state index contributed by atoms with van der Waals surface area (Å²) in [5.74, 6) is 0. The topological polar surface area (TPSA) is 38.7 Å². The highest BCUT2D eigenvalue weighted by atomic mass is 127. The van der Waals surface area contributed by atoms with E-state index in [1.54, 1.807) is 0 Å². The molecule has 1 aliphatic heterocycles. The first-order valence-electron chi connectivity index (χ1n) is 6.50. The SMILES string of the molecule is OC[C@@H]1OC(c2ccccc2)O[C@H]1c1ccccc1I. The van der Waals surface area contributed by atoms with Gasteiger partial charge in [-0.05, 0) is 34.2 Å². The van der Waals surface area contributed by atoms with Crippen LogP contribution in [-0.4, -0.2) is 17.8 Å². The van der Waals surface area contributed by atoms with Crippen molar-refractivity contribution in [1.29, 1.82) is 0 Å². The Hall–Kier alpha value is -0.950. The molecule has 1 aliphatic rings. The summed E-state index contributed by atoms with van der Waals surface area (Å²) < 4.78 is 13.0. The third-order valence-corrected chi connectivity index (χ3v) is 4.35. The lowest BCUT2D eigenvalue weighted by Crippen LogP contribution is -2.20. The van der Waals surface area contributed by atoms with E-state index in [0.29, 0.717) is 0 Å². The van der Waals surface area contributed by atoms with Gasteiger partial charge in [0.25, 0.3) is 0 Å². The largest absolute Gasteiger partial charge is 0.394 e. The van der Waals surface area contributed by atoms with Crippen LogP contribution in [0.25, 0.3) is 0 Å². The molecule has 1 fully saturated rings. The van der Waals surface area contributed by atoms with Gasteiger partial charge in [0, 0.05) is 9.13 Å². The fourth-order valence-electron chi connectivity index (χ4n) is 2.37. The number of benzene rings is 2. The van der Waals surface area contributed by atoms with Crippen molar-refractivity contribution in [1.82, 2.24) is 0 Å². The fraction of sp³-hybridized carbons (Fsp3) is 0.250. The Kier molecular flexibility index (Phi) is 4.35. The standard InChI is InChI=1S/C16H15IO3/c17-13-9-5-4-8-12(13)15-14(10-18)19-16(20-15)11-6-2-1-3-7-11/h1-9,14-16,18H,10H2/t14-,15-,16?/m0/s1. The zero-order chi connectivity index (χ0) is 13.9. The van der Waals surface area contributed by atoms with Crippen molar-refractivity contribution in [3.8, 4) is 0 Å². The molecule has 1 heterocycles. The Morgan fingerprint density at radius 2 is 1.65 bits per heavy atom. The second-order valence-corrected chi connectivity index (χ2v) is 5.84. The summed E-state index contributed by atoms with van der Waals surface area (Å²) in [5.41, 5.74) is 2.03. The van der Waals surface area contributed by atoms with E-state index < -0.39 is 6.29 Å². The Bertz CT molecular complexity index is 573. The van der Waals surface area contributed by atoms with E-state index in [2.05, 4.69) is 22.6 Å². The Balaban J connectivity index is 1.87. The molecule has 4 heteroatoms. The van der Waals surface area contributed by atoms with Gasteiger partial charge in [-0.25, -0.2) is 0 Å². The normalized spacial score (nSPS) is 25.8. The number of hydrogen-bond donors (Lipinski definition) is 1. The van der Waals surface area contributed by atoms with Gasteiger partial charge in [0.05, 0.1) is 6.61 Å². The third-order valence-electron chi connectivity index (χ3n) is 3.37. The van der Waals surface area contributed by atoms with E-state index in [1.807, 2.05) is 54.6 Å². The van der Waals surface area contributed by atoms with Gasteiger partial charge in [-0.3, -0.25) is 0 Å². The van der Waals surface area contributed by atoms with Gasteiger partial charge in [0.2, 0.25) is 0 Å². The van der Waals surface area contributed by atoms with E-state index in [0.717, 1.165) is 14.7 Å². The maximum atomic E-state index is 9.55. The van der Waals surface area contributed by atoms with Crippen molar-refractivity contribution in [3.63, 3.8) is 0 Å². The number of halogens is 1. The monoisotopic (exact) mass is 382 g/mol. The molecule has 1 saturated heterocycles. The molecular formula is C16H15IO3. The highest BCUT2D eigenvalue weighted by molar-refractivity contribution is 14.1. The first-order valence-corrected chi connectivity index (χ1v) is 7.58. The smallest absolute Gasteiger partial charge is 0.185 e. The molecule has 0 radical (unpaired) electrons. The average molecular weight is 382 g/mol. The number of ether oxygens (including phenoxy) is 2. The van der Waals surface area contributed by atoms with Gasteiger partial charge in [-0.1, -0.05) is 48.5 Å². The van der Waals surface area contributed by atoms with E-state index in [4.69, 9.17) is 9.47 Å². The molecule has 104 valence electrons. The van der Waals surface area contributed by atoms with E-state index in [9.17, 15) is 5.11 Å². The predicted octanol–water partition coefficient (Wildman–Crippen LogP) is 3.44. The molecule has 3 rings (SSSR count). The molecule has 0 bridgehead atoms. The van der Waals surface area contributed by atoms with E-state index >= 15 is 0 Å². The minimum absolute atomic E-state index is 0.0566. The summed E-state index contributed by atoms with van der Waals surface area (Å²) in [6, 6.07) is 17.8. The lowest BCUT2D eigenvalue weighted by Gasteiger charge is -2.16. The second-order valence-electron chi connectivity index (χ2n) is 4.68. The molecule has 0 spiro atoms. The molecule has 0 aliphatic carbocycles. The van der Waals surface area contributed by atoms with Gasteiger partial charge in [0.15, 0.2) is 6.29 Å². The maximum Gasteiger partial charge on any atom is 0.185 e. The molecule has 1 unspecified atom stereocenters. The van der Waals surface area contributed by atoms with Crippen LogP contribution in [0.2, 0.25) is 0 Å². The first-order chi connectivity index (χ1) is 9.79. The van der Waals surface area contributed by atoms with Crippen LogP contribution in [0.1, 0.15) is 23.5 Å². The number of aliphatic hydroxyl groups excluding tert-OH is 1. The van der Waals surface area contributed by atoms with Crippen LogP contribution in [0.4, 0.5) is 0 Å². The van der Waals surface area contributed by atoms with Crippen LogP contribution in [0.5, 0.6) is 0 Å². The van der Waals surface area contributed by atoms with Crippen molar-refractivity contribution in [2.24, 2.45) is 0 Å². The number of aliphatic hydroxyl groups is 1. The van der Waals surface area contributed by atoms with E-state index in [1.165, 1.54) is 0 Å². The quantitative estimate of drug-likeness (QED) is 0.827. The van der Waals surface area contributed by atoms with Crippen LogP contribution >= 0.6 is 22.6 Å². The highest BCUT2D eigenvalue weighted by Crippen LogP contribution is 2.40. The van der Waals surface area contributed by atoms with Crippen LogP contribution in [0.3, 0.4) is 0 Å². The zero-order valence-corrected chi connectivity index (χ0v) is 12.9. The predicted molar refractivity (Wildman–Crippen MR) is 84.1 cm³/mol. The second kappa shape index (κ2) is 6.22. The molecule has 2 aromatic rings. The molecule has 3 atom stereocenters. The Morgan fingerprint density at radius 3 is 2.35 bits per heavy atom. The highest BCUT2D eigenvalue weighted by Gasteiger charge is 2.38. The Labute approximate surface area is 131 Å². The molecular weight excluding hydrogens is 367 g/mol. The van der Waals surface area contributed by atoms with Crippen LogP contribution < -0.4 is 0 Å². The van der Waals surface area contributed by atoms with Crippen molar-refractivity contribution < 1.29 is 14.6 Å². The average Bonchev–Trinajstić information content (AvgIpc) is 2.93. The summed E-state index contributed by atoms with van der Waals surface area (Å²) in [4.78, 5) is 0. The first kappa shape index (κ1) is 14.0. The summed E-state index contributed by atoms with van der Waals surface area (Å²) in [7, 11) is 0. The van der Waals surface area contributed by atoms with Gasteiger partial charge < -0.3 is 14.6 Å². The molecule has 0 saturated carbocycles. The summed E-state index contributed by atoms with van der Waals surface area (Å²) in [6.45, 7) is -0.0566. The van der Waals surface area contributed by atoms with Crippen LogP contribution in [0, 0.1) is 3.57 Å². The summed E-state index contributed by atoms with van der Waals surface area (Å²) in [5, 5.41) is 9.55. The lowest BCUT2D eigenvalue weighted by molar-refractivity contribution is -0.0740. The molecule has 20 heavy (non-hydrogen) atoms. The van der Waals surface area contributed by atoms with Crippen LogP contribution in [-0.2, 0) is 9.47 Å². The molecule has 0 aromatic heterocycles. The number of rotatable bonds is 3. The van der Waals surface area contributed by atoms with Gasteiger partial charge in [-0.2, -0.15) is 0 Å². The maximum absolute atomic E-state index is 9.55. The molecule has 0 amide bonds. The minimum atomic E-state index is -0.422. The summed E-state index contributed by atoms with van der Waals surface area (Å²) >= 11 is 2.28. The van der Waals surface area contributed by atoms with E-state index in [-0.39, 0.29) is 18.8 Å². The van der Waals surface area contributed by atoms with Crippen molar-refractivity contribution in [2.45, 2.75) is 18.5 Å². The van der Waals surface area contributed by atoms with Crippen molar-refractivity contribution >= 4 is 22.6 Å². The lowest BCUT2D eigenvalue weighted by atomic mass is 10.1. The van der Waals surface area contributed by atoms with Gasteiger partial charge in [0.1, 0.15) is 12.2 Å².